The lowest BCUT2D eigenvalue weighted by atomic mass is 10.0. The summed E-state index contributed by atoms with van der Waals surface area (Å²) in [5, 5.41) is 3.27. The van der Waals surface area contributed by atoms with Crippen molar-refractivity contribution >= 4 is 26.5 Å². The Hall–Kier alpha value is -0.700. The van der Waals surface area contributed by atoms with Gasteiger partial charge in [0.2, 0.25) is 0 Å². The van der Waals surface area contributed by atoms with Crippen LogP contribution in [0.3, 0.4) is 0 Å². The number of rotatable bonds is 9. The summed E-state index contributed by atoms with van der Waals surface area (Å²) in [4.78, 5) is 0. The van der Waals surface area contributed by atoms with Crippen LogP contribution in [0.2, 0.25) is 0 Å². The van der Waals surface area contributed by atoms with Gasteiger partial charge in [0, 0.05) is 0 Å². The maximum atomic E-state index is 2.40. The highest BCUT2D eigenvalue weighted by Crippen LogP contribution is 2.47. The van der Waals surface area contributed by atoms with Crippen molar-refractivity contribution in [3.8, 4) is 0 Å². The predicted molar refractivity (Wildman–Crippen MR) is 134 cm³/mol. The molecule has 0 atom stereocenters. The van der Waals surface area contributed by atoms with E-state index in [9.17, 15) is 0 Å². The lowest BCUT2D eigenvalue weighted by Gasteiger charge is -2.29. The number of aryl methyl sites for hydroxylation is 2. The van der Waals surface area contributed by atoms with Crippen molar-refractivity contribution < 1.29 is 0 Å². The zero-order valence-electron chi connectivity index (χ0n) is 19.2. The van der Waals surface area contributed by atoms with E-state index in [0.29, 0.717) is 0 Å². The average Bonchev–Trinajstić information content (AvgIpc) is 2.61. The van der Waals surface area contributed by atoms with E-state index in [-0.39, 0.29) is 15.8 Å². The highest BCUT2D eigenvalue weighted by molar-refractivity contribution is 7.67. The van der Waals surface area contributed by atoms with Crippen LogP contribution >= 0.6 is 15.8 Å². The largest absolute Gasteiger partial charge is 0.0698 e. The van der Waals surface area contributed by atoms with Gasteiger partial charge in [-0.15, -0.1) is 0 Å². The third-order valence-corrected chi connectivity index (χ3v) is 11.9. The van der Waals surface area contributed by atoms with Gasteiger partial charge in [-0.2, -0.15) is 0 Å². The molecular formula is C26H40P2. The first-order chi connectivity index (χ1) is 13.2. The Morgan fingerprint density at radius 1 is 0.500 bits per heavy atom. The van der Waals surface area contributed by atoms with Gasteiger partial charge in [0.05, 0.1) is 0 Å². The minimum atomic E-state index is -0.112. The number of hydrogen-bond acceptors (Lipinski definition) is 0. The fourth-order valence-electron chi connectivity index (χ4n) is 4.52. The van der Waals surface area contributed by atoms with Gasteiger partial charge in [-0.1, -0.05) is 120 Å². The van der Waals surface area contributed by atoms with Crippen molar-refractivity contribution in [3.63, 3.8) is 0 Å². The van der Waals surface area contributed by atoms with E-state index in [2.05, 4.69) is 104 Å². The number of benzene rings is 2. The molecule has 0 fully saturated rings. The smallest absolute Gasteiger partial charge is 0.0203 e. The maximum Gasteiger partial charge on any atom is -0.0203 e. The molecular weight excluding hydrogens is 374 g/mol. The van der Waals surface area contributed by atoms with E-state index >= 15 is 0 Å². The monoisotopic (exact) mass is 414 g/mol. The molecule has 0 saturated carbocycles. The van der Waals surface area contributed by atoms with Crippen LogP contribution in [0.15, 0.2) is 48.5 Å². The van der Waals surface area contributed by atoms with Crippen LogP contribution in [0.25, 0.3) is 0 Å². The Morgan fingerprint density at radius 3 is 1.07 bits per heavy atom. The zero-order chi connectivity index (χ0) is 20.8. The maximum absolute atomic E-state index is 2.40. The van der Waals surface area contributed by atoms with E-state index in [0.717, 1.165) is 35.5 Å². The van der Waals surface area contributed by atoms with E-state index in [1.54, 1.807) is 21.7 Å². The van der Waals surface area contributed by atoms with E-state index in [4.69, 9.17) is 0 Å². The molecule has 0 aliphatic rings. The van der Waals surface area contributed by atoms with Crippen LogP contribution in [0.1, 0.15) is 66.5 Å². The van der Waals surface area contributed by atoms with Crippen LogP contribution in [0.4, 0.5) is 0 Å². The molecule has 0 aliphatic carbocycles. The van der Waals surface area contributed by atoms with E-state index < -0.39 is 0 Å². The fraction of sp³-hybridized carbons (Fsp3) is 0.538. The van der Waals surface area contributed by atoms with Crippen molar-refractivity contribution in [1.29, 1.82) is 0 Å². The standard InChI is InChI=1S/C26H40P2/c1-19(2)27(20(3)4)25-15-11-9-13-23(25)17-18-24-14-10-12-16-26(24)28(21(5)6)22(7)8/h9-16,19-22H,17-18H2,1-8H3. The van der Waals surface area contributed by atoms with Crippen molar-refractivity contribution in [2.45, 2.75) is 90.9 Å². The lowest BCUT2D eigenvalue weighted by molar-refractivity contribution is 0.963. The topological polar surface area (TPSA) is 0 Å². The zero-order valence-corrected chi connectivity index (χ0v) is 21.0. The molecule has 2 heteroatoms. The van der Waals surface area contributed by atoms with Crippen LogP contribution < -0.4 is 10.6 Å². The van der Waals surface area contributed by atoms with E-state index in [1.807, 2.05) is 0 Å². The van der Waals surface area contributed by atoms with Crippen molar-refractivity contribution in [3.05, 3.63) is 59.7 Å². The summed E-state index contributed by atoms with van der Waals surface area (Å²) >= 11 is 0. The van der Waals surface area contributed by atoms with E-state index in [1.165, 1.54) is 0 Å². The molecule has 0 nitrogen and oxygen atoms in total. The highest BCUT2D eigenvalue weighted by Gasteiger charge is 2.23. The first kappa shape index (κ1) is 23.6. The summed E-state index contributed by atoms with van der Waals surface area (Å²) < 4.78 is 0. The Morgan fingerprint density at radius 2 is 0.786 bits per heavy atom. The van der Waals surface area contributed by atoms with Gasteiger partial charge in [-0.3, -0.25) is 0 Å². The summed E-state index contributed by atoms with van der Waals surface area (Å²) in [6, 6.07) is 18.5. The molecule has 28 heavy (non-hydrogen) atoms. The van der Waals surface area contributed by atoms with Gasteiger partial charge in [0.25, 0.3) is 0 Å². The molecule has 0 heterocycles. The molecule has 0 radical (unpaired) electrons. The van der Waals surface area contributed by atoms with Crippen molar-refractivity contribution in [1.82, 2.24) is 0 Å². The third kappa shape index (κ3) is 5.90. The van der Waals surface area contributed by atoms with Crippen molar-refractivity contribution in [2.75, 3.05) is 0 Å². The quantitative estimate of drug-likeness (QED) is 0.377. The molecule has 0 unspecified atom stereocenters. The Bertz CT molecular complexity index is 651. The molecule has 154 valence electrons. The van der Waals surface area contributed by atoms with Gasteiger partial charge in [0.15, 0.2) is 0 Å². The first-order valence-corrected chi connectivity index (χ1v) is 13.9. The Kier molecular flexibility index (Phi) is 9.18. The number of hydrogen-bond donors (Lipinski definition) is 0. The van der Waals surface area contributed by atoms with Crippen LogP contribution in [0, 0.1) is 0 Å². The SMILES string of the molecule is CC(C)P(c1ccccc1CCc1ccccc1P(C(C)C)C(C)C)C(C)C. The van der Waals surface area contributed by atoms with Crippen LogP contribution in [-0.4, -0.2) is 22.6 Å². The molecule has 0 saturated heterocycles. The lowest BCUT2D eigenvalue weighted by Crippen LogP contribution is -2.21. The third-order valence-electron chi connectivity index (χ3n) is 5.43. The molecule has 0 spiro atoms. The van der Waals surface area contributed by atoms with Gasteiger partial charge in [-0.05, 0) is 57.2 Å². The summed E-state index contributed by atoms with van der Waals surface area (Å²) in [7, 11) is -0.223. The summed E-state index contributed by atoms with van der Waals surface area (Å²) in [5.74, 6) is 0. The average molecular weight is 415 g/mol. The molecule has 0 bridgehead atoms. The second kappa shape index (κ2) is 10.9. The Balaban J connectivity index is 2.32. The summed E-state index contributed by atoms with van der Waals surface area (Å²) in [5.41, 5.74) is 6.08. The second-order valence-corrected chi connectivity index (χ2v) is 15.7. The second-order valence-electron chi connectivity index (χ2n) is 8.95. The molecule has 0 aliphatic heterocycles. The molecule has 0 N–H and O–H groups in total. The van der Waals surface area contributed by atoms with Gasteiger partial charge < -0.3 is 0 Å². The molecule has 0 aromatic heterocycles. The highest BCUT2D eigenvalue weighted by atomic mass is 31.1. The van der Waals surface area contributed by atoms with Gasteiger partial charge >= 0.3 is 0 Å². The first-order valence-electron chi connectivity index (χ1n) is 11.0. The van der Waals surface area contributed by atoms with Crippen molar-refractivity contribution in [2.24, 2.45) is 0 Å². The minimum absolute atomic E-state index is 0.112. The normalized spacial score (nSPS) is 12.4. The summed E-state index contributed by atoms with van der Waals surface area (Å²) in [6.45, 7) is 19.2. The molecule has 0 amide bonds. The Labute approximate surface area is 177 Å². The fourth-order valence-corrected chi connectivity index (χ4v) is 10.7. The van der Waals surface area contributed by atoms with Crippen LogP contribution in [0.5, 0.6) is 0 Å². The minimum Gasteiger partial charge on any atom is -0.0698 e. The predicted octanol–water partition coefficient (Wildman–Crippen LogP) is 7.32. The van der Waals surface area contributed by atoms with Gasteiger partial charge in [0.1, 0.15) is 0 Å². The van der Waals surface area contributed by atoms with Gasteiger partial charge in [-0.25, -0.2) is 0 Å². The molecule has 2 aromatic rings. The van der Waals surface area contributed by atoms with Crippen LogP contribution in [-0.2, 0) is 12.8 Å². The summed E-state index contributed by atoms with van der Waals surface area (Å²) in [6.07, 6.45) is 2.32. The molecule has 2 aromatic carbocycles. The molecule has 2 rings (SSSR count).